The Hall–Kier alpha value is -3.23. The fourth-order valence-electron chi connectivity index (χ4n) is 3.32. The fraction of sp³-hybridized carbons (Fsp3) is 0.318. The number of likely N-dealkylation sites (tertiary alicyclic amines) is 1. The molecule has 1 aliphatic rings. The van der Waals surface area contributed by atoms with E-state index in [0.29, 0.717) is 23.6 Å². The van der Waals surface area contributed by atoms with Gasteiger partial charge in [0.25, 0.3) is 11.7 Å². The van der Waals surface area contributed by atoms with Gasteiger partial charge in [0.15, 0.2) is 0 Å². The van der Waals surface area contributed by atoms with Gasteiger partial charge in [0.1, 0.15) is 17.6 Å². The number of carbonyl (C=O) groups is 2. The van der Waals surface area contributed by atoms with Gasteiger partial charge in [-0.1, -0.05) is 6.07 Å². The Morgan fingerprint density at radius 2 is 1.90 bits per heavy atom. The van der Waals surface area contributed by atoms with Crippen LogP contribution >= 0.6 is 0 Å². The Labute approximate surface area is 174 Å². The lowest BCUT2D eigenvalue weighted by atomic mass is 9.98. The summed E-state index contributed by atoms with van der Waals surface area (Å²) in [6, 6.07) is 11.0. The number of Topliss-reactive ketones (excluding diaryl/α,β-unsaturated/α-hetero) is 1. The van der Waals surface area contributed by atoms with E-state index in [-0.39, 0.29) is 37.7 Å². The number of aromatic nitrogens is 1. The summed E-state index contributed by atoms with van der Waals surface area (Å²) in [4.78, 5) is 31.2. The number of aliphatic hydroxyl groups is 2. The molecule has 1 atom stereocenters. The van der Waals surface area contributed by atoms with E-state index in [4.69, 9.17) is 14.6 Å². The second-order valence-electron chi connectivity index (χ2n) is 6.54. The molecule has 3 rings (SSSR count). The summed E-state index contributed by atoms with van der Waals surface area (Å²) in [6.07, 6.45) is 1.56. The van der Waals surface area contributed by atoms with E-state index in [2.05, 4.69) is 4.98 Å². The maximum atomic E-state index is 12.8. The maximum Gasteiger partial charge on any atom is 0.295 e. The molecule has 1 aliphatic heterocycles. The molecule has 30 heavy (non-hydrogen) atoms. The van der Waals surface area contributed by atoms with Gasteiger partial charge < -0.3 is 24.6 Å². The van der Waals surface area contributed by atoms with Gasteiger partial charge in [-0.2, -0.15) is 0 Å². The molecule has 1 aromatic carbocycles. The van der Waals surface area contributed by atoms with Gasteiger partial charge in [-0.05, 0) is 43.3 Å². The minimum Gasteiger partial charge on any atom is -0.507 e. The zero-order chi connectivity index (χ0) is 21.5. The smallest absolute Gasteiger partial charge is 0.295 e. The first-order valence-electron chi connectivity index (χ1n) is 9.69. The lowest BCUT2D eigenvalue weighted by Crippen LogP contribution is -2.33. The number of ether oxygens (including phenoxy) is 2. The van der Waals surface area contributed by atoms with E-state index in [1.165, 1.54) is 4.90 Å². The molecule has 1 unspecified atom stereocenters. The highest BCUT2D eigenvalue weighted by Gasteiger charge is 2.46. The number of nitrogens with zero attached hydrogens (tertiary/aromatic N) is 2. The normalized spacial score (nSPS) is 18.1. The van der Waals surface area contributed by atoms with E-state index in [1.807, 2.05) is 6.92 Å². The Bertz CT molecular complexity index is 911. The molecule has 8 nitrogen and oxygen atoms in total. The molecular weight excluding hydrogens is 388 g/mol. The summed E-state index contributed by atoms with van der Waals surface area (Å²) in [5.74, 6) is -1.15. The Balaban J connectivity index is 2.00. The zero-order valence-electron chi connectivity index (χ0n) is 16.7. The predicted molar refractivity (Wildman–Crippen MR) is 109 cm³/mol. The van der Waals surface area contributed by atoms with Crippen molar-refractivity contribution in [3.8, 4) is 5.75 Å². The number of pyridine rings is 1. The van der Waals surface area contributed by atoms with Gasteiger partial charge in [0.2, 0.25) is 0 Å². The van der Waals surface area contributed by atoms with Crippen LogP contribution in [0.25, 0.3) is 5.76 Å². The quantitative estimate of drug-likeness (QED) is 0.280. The van der Waals surface area contributed by atoms with Crippen molar-refractivity contribution in [3.05, 3.63) is 65.5 Å². The first kappa shape index (κ1) is 21.5. The van der Waals surface area contributed by atoms with E-state index < -0.39 is 17.7 Å². The van der Waals surface area contributed by atoms with Crippen LogP contribution in [-0.4, -0.2) is 64.8 Å². The third kappa shape index (κ3) is 4.50. The highest BCUT2D eigenvalue weighted by molar-refractivity contribution is 6.46. The minimum absolute atomic E-state index is 0.0231. The third-order valence-corrected chi connectivity index (χ3v) is 4.66. The van der Waals surface area contributed by atoms with Gasteiger partial charge in [0, 0.05) is 18.3 Å². The summed E-state index contributed by atoms with van der Waals surface area (Å²) >= 11 is 0. The Morgan fingerprint density at radius 1 is 1.13 bits per heavy atom. The molecule has 0 saturated carbocycles. The summed E-state index contributed by atoms with van der Waals surface area (Å²) in [5.41, 5.74) is 0.838. The summed E-state index contributed by atoms with van der Waals surface area (Å²) < 4.78 is 10.7. The number of hydrogen-bond acceptors (Lipinski definition) is 7. The van der Waals surface area contributed by atoms with E-state index >= 15 is 0 Å². The molecule has 2 N–H and O–H groups in total. The average Bonchev–Trinajstić information content (AvgIpc) is 3.02. The van der Waals surface area contributed by atoms with Crippen LogP contribution in [0, 0.1) is 0 Å². The van der Waals surface area contributed by atoms with Crippen molar-refractivity contribution < 1.29 is 29.3 Å². The predicted octanol–water partition coefficient (Wildman–Crippen LogP) is 1.91. The van der Waals surface area contributed by atoms with Crippen molar-refractivity contribution in [2.24, 2.45) is 0 Å². The molecule has 158 valence electrons. The molecule has 2 heterocycles. The molecule has 1 amide bonds. The number of benzene rings is 1. The van der Waals surface area contributed by atoms with Crippen LogP contribution in [0.2, 0.25) is 0 Å². The number of aliphatic hydroxyl groups excluding tert-OH is 2. The van der Waals surface area contributed by atoms with Crippen LogP contribution in [0.3, 0.4) is 0 Å². The van der Waals surface area contributed by atoms with Crippen molar-refractivity contribution in [3.63, 3.8) is 0 Å². The summed E-state index contributed by atoms with van der Waals surface area (Å²) in [6.45, 7) is 2.62. The monoisotopic (exact) mass is 412 g/mol. The van der Waals surface area contributed by atoms with E-state index in [0.717, 1.165) is 0 Å². The topological polar surface area (TPSA) is 109 Å². The van der Waals surface area contributed by atoms with Crippen LogP contribution in [0.15, 0.2) is 54.2 Å². The molecular formula is C22H24N2O6. The number of carbonyl (C=O) groups excluding carboxylic acids is 2. The zero-order valence-corrected chi connectivity index (χ0v) is 16.7. The molecule has 1 saturated heterocycles. The minimum atomic E-state index is -0.838. The van der Waals surface area contributed by atoms with Crippen LogP contribution in [0.4, 0.5) is 0 Å². The first-order valence-corrected chi connectivity index (χ1v) is 9.69. The molecule has 0 radical (unpaired) electrons. The molecule has 8 heteroatoms. The van der Waals surface area contributed by atoms with Gasteiger partial charge in [-0.3, -0.25) is 14.6 Å². The number of amides is 1. The fourth-order valence-corrected chi connectivity index (χ4v) is 3.32. The van der Waals surface area contributed by atoms with Crippen molar-refractivity contribution in [2.75, 3.05) is 33.0 Å². The third-order valence-electron chi connectivity index (χ3n) is 4.66. The van der Waals surface area contributed by atoms with Gasteiger partial charge >= 0.3 is 0 Å². The second-order valence-corrected chi connectivity index (χ2v) is 6.54. The summed E-state index contributed by atoms with van der Waals surface area (Å²) in [5, 5.41) is 19.8. The van der Waals surface area contributed by atoms with Crippen molar-refractivity contribution >= 4 is 17.4 Å². The van der Waals surface area contributed by atoms with Crippen molar-refractivity contribution in [1.82, 2.24) is 9.88 Å². The standard InChI is InChI=1S/C22H24N2O6/c1-2-30-16-8-6-15(7-9-16)20(26)18-19(17-5-3-4-10-23-17)24(22(28)21(18)27)11-13-29-14-12-25/h3-10,19,25-26H,2,11-14H2,1H3. The van der Waals surface area contributed by atoms with Gasteiger partial charge in [0.05, 0.1) is 37.7 Å². The number of ketones is 1. The lowest BCUT2D eigenvalue weighted by molar-refractivity contribution is -0.140. The highest BCUT2D eigenvalue weighted by Crippen LogP contribution is 2.38. The SMILES string of the molecule is CCOc1ccc(C(O)=C2C(=O)C(=O)N(CCOCCO)C2c2ccccn2)cc1. The number of rotatable bonds is 9. The maximum absolute atomic E-state index is 12.8. The Kier molecular flexibility index (Phi) is 7.16. The average molecular weight is 412 g/mol. The largest absolute Gasteiger partial charge is 0.507 e. The van der Waals surface area contributed by atoms with Gasteiger partial charge in [-0.15, -0.1) is 0 Å². The molecule has 0 bridgehead atoms. The van der Waals surface area contributed by atoms with Crippen molar-refractivity contribution in [1.29, 1.82) is 0 Å². The van der Waals surface area contributed by atoms with Crippen LogP contribution in [0.5, 0.6) is 5.75 Å². The Morgan fingerprint density at radius 3 is 2.53 bits per heavy atom. The van der Waals surface area contributed by atoms with Gasteiger partial charge in [-0.25, -0.2) is 0 Å². The highest BCUT2D eigenvalue weighted by atomic mass is 16.5. The van der Waals surface area contributed by atoms with Crippen LogP contribution in [0.1, 0.15) is 24.2 Å². The first-order chi connectivity index (χ1) is 14.6. The number of hydrogen-bond donors (Lipinski definition) is 2. The summed E-state index contributed by atoms with van der Waals surface area (Å²) in [7, 11) is 0. The lowest BCUT2D eigenvalue weighted by Gasteiger charge is -2.24. The van der Waals surface area contributed by atoms with E-state index in [1.54, 1.807) is 48.7 Å². The molecule has 0 spiro atoms. The molecule has 2 aromatic rings. The molecule has 1 fully saturated rings. The molecule has 1 aromatic heterocycles. The van der Waals surface area contributed by atoms with Crippen LogP contribution in [-0.2, 0) is 14.3 Å². The van der Waals surface area contributed by atoms with Crippen LogP contribution < -0.4 is 4.74 Å². The molecule has 0 aliphatic carbocycles. The van der Waals surface area contributed by atoms with Crippen molar-refractivity contribution in [2.45, 2.75) is 13.0 Å². The second kappa shape index (κ2) is 10.00. The van der Waals surface area contributed by atoms with E-state index in [9.17, 15) is 14.7 Å².